The monoisotopic (exact) mass is 370 g/mol. The molecule has 1 amide bonds. The number of nitrogens with one attached hydrogen (secondary N) is 2. The van der Waals surface area contributed by atoms with Crippen molar-refractivity contribution in [1.82, 2.24) is 9.97 Å². The van der Waals surface area contributed by atoms with Crippen LogP contribution in [-0.4, -0.2) is 22.7 Å². The molecule has 0 atom stereocenters. The first kappa shape index (κ1) is 16.7. The topological polar surface area (TPSA) is 85.4 Å². The summed E-state index contributed by atoms with van der Waals surface area (Å²) in [5.41, 5.74) is 0.853. The van der Waals surface area contributed by atoms with Gasteiger partial charge in [0.2, 0.25) is 6.79 Å². The minimum absolute atomic E-state index is 0.0240. The van der Waals surface area contributed by atoms with Crippen LogP contribution in [-0.2, 0) is 0 Å². The van der Waals surface area contributed by atoms with E-state index in [-0.39, 0.29) is 18.2 Å². The minimum atomic E-state index is -1.05. The number of hydrogen-bond acceptors (Lipinski definition) is 6. The van der Waals surface area contributed by atoms with Crippen molar-refractivity contribution in [3.05, 3.63) is 66.1 Å². The zero-order valence-electron chi connectivity index (χ0n) is 13.7. The summed E-state index contributed by atoms with van der Waals surface area (Å²) in [6.45, 7) is 0.181. The van der Waals surface area contributed by atoms with Gasteiger partial charge < -0.3 is 20.1 Å². The van der Waals surface area contributed by atoms with Crippen molar-refractivity contribution in [3.8, 4) is 11.5 Å². The van der Waals surface area contributed by atoms with Crippen LogP contribution in [0.1, 0.15) is 10.5 Å². The lowest BCUT2D eigenvalue weighted by Gasteiger charge is -2.08. The van der Waals surface area contributed by atoms with Crippen LogP contribution < -0.4 is 20.1 Å². The summed E-state index contributed by atoms with van der Waals surface area (Å²) in [7, 11) is 0. The van der Waals surface area contributed by atoms with E-state index in [2.05, 4.69) is 20.6 Å². The Morgan fingerprint density at radius 3 is 2.52 bits per heavy atom. The molecule has 136 valence electrons. The SMILES string of the molecule is O=C(Nc1ccc(F)c(F)c1)c1cnc(Nc2ccc3c(c2)OCO3)cn1. The number of ether oxygens (including phenoxy) is 2. The predicted molar refractivity (Wildman–Crippen MR) is 92.2 cm³/mol. The highest BCUT2D eigenvalue weighted by Crippen LogP contribution is 2.34. The van der Waals surface area contributed by atoms with Gasteiger partial charge in [-0.05, 0) is 24.3 Å². The number of aromatic nitrogens is 2. The molecule has 0 aliphatic carbocycles. The summed E-state index contributed by atoms with van der Waals surface area (Å²) in [6, 6.07) is 8.37. The van der Waals surface area contributed by atoms with Gasteiger partial charge in [0, 0.05) is 23.5 Å². The van der Waals surface area contributed by atoms with E-state index in [9.17, 15) is 13.6 Å². The van der Waals surface area contributed by atoms with Crippen molar-refractivity contribution < 1.29 is 23.0 Å². The highest BCUT2D eigenvalue weighted by atomic mass is 19.2. The van der Waals surface area contributed by atoms with Gasteiger partial charge >= 0.3 is 0 Å². The fraction of sp³-hybridized carbons (Fsp3) is 0.0556. The molecule has 1 aliphatic heterocycles. The lowest BCUT2D eigenvalue weighted by atomic mass is 10.3. The van der Waals surface area contributed by atoms with Gasteiger partial charge in [-0.15, -0.1) is 0 Å². The van der Waals surface area contributed by atoms with Gasteiger partial charge in [-0.25, -0.2) is 18.7 Å². The van der Waals surface area contributed by atoms with Crippen molar-refractivity contribution in [2.75, 3.05) is 17.4 Å². The molecule has 7 nitrogen and oxygen atoms in total. The maximum atomic E-state index is 13.2. The van der Waals surface area contributed by atoms with E-state index in [0.717, 1.165) is 12.1 Å². The van der Waals surface area contributed by atoms with Crippen LogP contribution in [0, 0.1) is 11.6 Å². The second-order valence-electron chi connectivity index (χ2n) is 5.56. The lowest BCUT2D eigenvalue weighted by Crippen LogP contribution is -2.14. The molecular formula is C18H12F2N4O3. The highest BCUT2D eigenvalue weighted by molar-refractivity contribution is 6.02. The van der Waals surface area contributed by atoms with Crippen molar-refractivity contribution in [2.24, 2.45) is 0 Å². The first-order valence-electron chi connectivity index (χ1n) is 7.83. The van der Waals surface area contributed by atoms with Crippen molar-refractivity contribution >= 4 is 23.1 Å². The first-order valence-corrected chi connectivity index (χ1v) is 7.83. The number of halogens is 2. The van der Waals surface area contributed by atoms with E-state index in [1.165, 1.54) is 18.5 Å². The molecule has 2 N–H and O–H groups in total. The standard InChI is InChI=1S/C18H12F2N4O3/c19-12-3-1-10(5-13(12)20)24-18(25)14-7-22-17(8-21-14)23-11-2-4-15-16(6-11)27-9-26-15/h1-8H,9H2,(H,22,23)(H,24,25). The summed E-state index contributed by atoms with van der Waals surface area (Å²) >= 11 is 0. The van der Waals surface area contributed by atoms with Gasteiger partial charge in [-0.2, -0.15) is 0 Å². The third-order valence-electron chi connectivity index (χ3n) is 3.71. The Morgan fingerprint density at radius 2 is 1.74 bits per heavy atom. The Balaban J connectivity index is 1.43. The number of hydrogen-bond donors (Lipinski definition) is 2. The van der Waals surface area contributed by atoms with Crippen LogP contribution in [0.3, 0.4) is 0 Å². The molecule has 9 heteroatoms. The van der Waals surface area contributed by atoms with Crippen LogP contribution in [0.5, 0.6) is 11.5 Å². The molecule has 1 aromatic heterocycles. The molecule has 0 radical (unpaired) electrons. The summed E-state index contributed by atoms with van der Waals surface area (Å²) in [4.78, 5) is 20.3. The Bertz CT molecular complexity index is 1010. The second-order valence-corrected chi connectivity index (χ2v) is 5.56. The molecule has 0 fully saturated rings. The van der Waals surface area contributed by atoms with E-state index in [1.54, 1.807) is 18.2 Å². The Hall–Kier alpha value is -3.75. The summed E-state index contributed by atoms with van der Waals surface area (Å²) in [6.07, 6.45) is 2.65. The third-order valence-corrected chi connectivity index (χ3v) is 3.71. The third kappa shape index (κ3) is 3.61. The van der Waals surface area contributed by atoms with E-state index < -0.39 is 17.5 Å². The lowest BCUT2D eigenvalue weighted by molar-refractivity contribution is 0.102. The molecule has 0 unspecified atom stereocenters. The van der Waals surface area contributed by atoms with Crippen molar-refractivity contribution in [1.29, 1.82) is 0 Å². The number of carbonyl (C=O) groups excluding carboxylic acids is 1. The van der Waals surface area contributed by atoms with E-state index in [0.29, 0.717) is 23.0 Å². The summed E-state index contributed by atoms with van der Waals surface area (Å²) in [5.74, 6) is -0.943. The molecule has 27 heavy (non-hydrogen) atoms. The number of rotatable bonds is 4. The Kier molecular flexibility index (Phi) is 4.25. The molecule has 1 aliphatic rings. The zero-order chi connectivity index (χ0) is 18.8. The average molecular weight is 370 g/mol. The summed E-state index contributed by atoms with van der Waals surface area (Å²) < 4.78 is 36.7. The maximum Gasteiger partial charge on any atom is 0.275 e. The van der Waals surface area contributed by atoms with Gasteiger partial charge in [0.25, 0.3) is 5.91 Å². The molecule has 3 aromatic rings. The number of benzene rings is 2. The van der Waals surface area contributed by atoms with E-state index >= 15 is 0 Å². The summed E-state index contributed by atoms with van der Waals surface area (Å²) in [5, 5.41) is 5.46. The van der Waals surface area contributed by atoms with Crippen LogP contribution in [0.15, 0.2) is 48.8 Å². The number of fused-ring (bicyclic) bond motifs is 1. The Morgan fingerprint density at radius 1 is 0.926 bits per heavy atom. The fourth-order valence-corrected chi connectivity index (χ4v) is 2.40. The average Bonchev–Trinajstić information content (AvgIpc) is 3.13. The fourth-order valence-electron chi connectivity index (χ4n) is 2.40. The molecule has 0 spiro atoms. The quantitative estimate of drug-likeness (QED) is 0.731. The number of amides is 1. The smallest absolute Gasteiger partial charge is 0.275 e. The molecule has 0 saturated heterocycles. The highest BCUT2D eigenvalue weighted by Gasteiger charge is 2.14. The Labute approximate surface area is 152 Å². The molecular weight excluding hydrogens is 358 g/mol. The number of anilines is 3. The largest absolute Gasteiger partial charge is 0.454 e. The maximum absolute atomic E-state index is 13.2. The molecule has 4 rings (SSSR count). The van der Waals surface area contributed by atoms with Gasteiger partial charge in [0.05, 0.1) is 12.4 Å². The predicted octanol–water partition coefficient (Wildman–Crippen LogP) is 3.48. The minimum Gasteiger partial charge on any atom is -0.454 e. The number of carbonyl (C=O) groups is 1. The normalized spacial score (nSPS) is 11.9. The van der Waals surface area contributed by atoms with Crippen LogP contribution >= 0.6 is 0 Å². The molecule has 2 aromatic carbocycles. The molecule has 0 bridgehead atoms. The second kappa shape index (κ2) is 6.87. The molecule has 2 heterocycles. The van der Waals surface area contributed by atoms with Crippen molar-refractivity contribution in [3.63, 3.8) is 0 Å². The number of nitrogens with zero attached hydrogens (tertiary/aromatic N) is 2. The van der Waals surface area contributed by atoms with E-state index in [4.69, 9.17) is 9.47 Å². The molecule has 0 saturated carbocycles. The van der Waals surface area contributed by atoms with Gasteiger partial charge in [-0.1, -0.05) is 0 Å². The van der Waals surface area contributed by atoms with Gasteiger partial charge in [0.15, 0.2) is 23.1 Å². The van der Waals surface area contributed by atoms with Gasteiger partial charge in [0.1, 0.15) is 11.5 Å². The van der Waals surface area contributed by atoms with E-state index in [1.807, 2.05) is 0 Å². The van der Waals surface area contributed by atoms with Crippen molar-refractivity contribution in [2.45, 2.75) is 0 Å². The zero-order valence-corrected chi connectivity index (χ0v) is 13.7. The van der Waals surface area contributed by atoms with Crippen LogP contribution in [0.25, 0.3) is 0 Å². The van der Waals surface area contributed by atoms with Gasteiger partial charge in [-0.3, -0.25) is 4.79 Å². The van der Waals surface area contributed by atoms with Crippen LogP contribution in [0.4, 0.5) is 26.0 Å². The first-order chi connectivity index (χ1) is 13.1. The van der Waals surface area contributed by atoms with Crippen LogP contribution in [0.2, 0.25) is 0 Å².